The number of rotatable bonds is 8. The van der Waals surface area contributed by atoms with E-state index in [9.17, 15) is 35.9 Å². The molecular weight excluding hydrogens is 524 g/mol. The summed E-state index contributed by atoms with van der Waals surface area (Å²) in [6.07, 6.45) is -4.47. The van der Waals surface area contributed by atoms with E-state index in [1.54, 1.807) is 0 Å². The largest absolute Gasteiger partial charge is 0.573 e. The average Bonchev–Trinajstić information content (AvgIpc) is 3.47. The van der Waals surface area contributed by atoms with Crippen molar-refractivity contribution in [3.8, 4) is 23.0 Å². The fourth-order valence-electron chi connectivity index (χ4n) is 3.47. The molecule has 1 aromatic heterocycles. The first kappa shape index (κ1) is 26.6. The summed E-state index contributed by atoms with van der Waals surface area (Å²) in [5.74, 6) is -8.40. The van der Waals surface area contributed by atoms with E-state index in [1.807, 2.05) is 0 Å². The Morgan fingerprint density at radius 3 is 2.37 bits per heavy atom. The highest BCUT2D eigenvalue weighted by atomic mass is 19.4. The standard InChI is InChI=1S/C24H17F6N3O5/c1-36-20-7-12(38-24(28,29)30)3-5-18(20)37-19-8-17(15-9-23(15,26)27)32-10-14(19)22(35)33-11-2-4-16(25)13(6-11)21(31)34/h2-8,10,15H,9H2,1H3,(H2,31,34)(H,33,35). The zero-order chi connectivity index (χ0) is 27.8. The van der Waals surface area contributed by atoms with Crippen LogP contribution in [-0.4, -0.2) is 36.2 Å². The monoisotopic (exact) mass is 541 g/mol. The number of anilines is 1. The Labute approximate surface area is 210 Å². The number of carbonyl (C=O) groups excluding carboxylic acids is 2. The Kier molecular flexibility index (Phi) is 6.82. The van der Waals surface area contributed by atoms with Crippen molar-refractivity contribution in [3.05, 3.63) is 71.3 Å². The molecule has 2 aromatic carbocycles. The number of benzene rings is 2. The molecule has 4 rings (SSSR count). The molecule has 0 bridgehead atoms. The molecule has 2 amide bonds. The number of carbonyl (C=O) groups is 2. The molecule has 1 fully saturated rings. The Balaban J connectivity index is 1.68. The maximum Gasteiger partial charge on any atom is 0.573 e. The highest BCUT2D eigenvalue weighted by Gasteiger charge is 2.58. The van der Waals surface area contributed by atoms with Gasteiger partial charge >= 0.3 is 6.36 Å². The molecule has 0 saturated heterocycles. The van der Waals surface area contributed by atoms with Crippen LogP contribution in [0, 0.1) is 5.82 Å². The van der Waals surface area contributed by atoms with E-state index in [-0.39, 0.29) is 34.2 Å². The van der Waals surface area contributed by atoms with E-state index in [0.717, 1.165) is 55.8 Å². The van der Waals surface area contributed by atoms with Gasteiger partial charge in [0.1, 0.15) is 22.9 Å². The van der Waals surface area contributed by atoms with Crippen LogP contribution < -0.4 is 25.3 Å². The third-order valence-electron chi connectivity index (χ3n) is 5.39. The normalized spacial score (nSPS) is 15.9. The minimum Gasteiger partial charge on any atom is -0.493 e. The highest BCUT2D eigenvalue weighted by molar-refractivity contribution is 6.06. The molecule has 14 heteroatoms. The molecule has 0 aliphatic heterocycles. The summed E-state index contributed by atoms with van der Waals surface area (Å²) in [7, 11) is 1.14. The van der Waals surface area contributed by atoms with Gasteiger partial charge in [0.15, 0.2) is 11.5 Å². The van der Waals surface area contributed by atoms with E-state index in [2.05, 4.69) is 15.0 Å². The zero-order valence-corrected chi connectivity index (χ0v) is 19.2. The number of hydrogen-bond acceptors (Lipinski definition) is 6. The predicted octanol–water partition coefficient (Wildman–Crippen LogP) is 5.39. The highest BCUT2D eigenvalue weighted by Crippen LogP contribution is 2.55. The number of nitrogens with one attached hydrogen (secondary N) is 1. The second-order valence-electron chi connectivity index (χ2n) is 8.10. The van der Waals surface area contributed by atoms with Gasteiger partial charge in [-0.05, 0) is 30.3 Å². The molecule has 3 N–H and O–H groups in total. The molecule has 200 valence electrons. The first-order valence-electron chi connectivity index (χ1n) is 10.7. The molecule has 1 heterocycles. The fraction of sp³-hybridized carbons (Fsp3) is 0.208. The van der Waals surface area contributed by atoms with Gasteiger partial charge in [0.25, 0.3) is 17.7 Å². The number of nitrogens with two attached hydrogens (primary N) is 1. The zero-order valence-electron chi connectivity index (χ0n) is 19.2. The van der Waals surface area contributed by atoms with Crippen molar-refractivity contribution < 1.29 is 50.1 Å². The maximum atomic E-state index is 13.8. The topological polar surface area (TPSA) is 113 Å². The molecule has 38 heavy (non-hydrogen) atoms. The first-order chi connectivity index (χ1) is 17.8. The van der Waals surface area contributed by atoms with Crippen LogP contribution in [0.3, 0.4) is 0 Å². The molecular formula is C24H17F6N3O5. The minimum atomic E-state index is -4.97. The number of ether oxygens (including phenoxy) is 3. The summed E-state index contributed by atoms with van der Waals surface area (Å²) in [5, 5.41) is 2.39. The van der Waals surface area contributed by atoms with Gasteiger partial charge < -0.3 is 25.3 Å². The third kappa shape index (κ3) is 5.90. The molecule has 3 aromatic rings. The third-order valence-corrected chi connectivity index (χ3v) is 5.39. The van der Waals surface area contributed by atoms with Gasteiger partial charge in [0.2, 0.25) is 0 Å². The van der Waals surface area contributed by atoms with Gasteiger partial charge in [-0.3, -0.25) is 14.6 Å². The first-order valence-corrected chi connectivity index (χ1v) is 10.7. The quantitative estimate of drug-likeness (QED) is 0.370. The Morgan fingerprint density at radius 1 is 1.05 bits per heavy atom. The van der Waals surface area contributed by atoms with Crippen LogP contribution in [0.1, 0.15) is 38.7 Å². The Morgan fingerprint density at radius 2 is 1.76 bits per heavy atom. The lowest BCUT2D eigenvalue weighted by Gasteiger charge is -2.16. The predicted molar refractivity (Wildman–Crippen MR) is 119 cm³/mol. The van der Waals surface area contributed by atoms with Crippen LogP contribution in [-0.2, 0) is 0 Å². The lowest BCUT2D eigenvalue weighted by Crippen LogP contribution is -2.17. The Hall–Kier alpha value is -4.49. The Bertz CT molecular complexity index is 1410. The fourth-order valence-corrected chi connectivity index (χ4v) is 3.47. The van der Waals surface area contributed by atoms with Gasteiger partial charge in [0.05, 0.1) is 24.3 Å². The molecule has 1 aliphatic carbocycles. The van der Waals surface area contributed by atoms with E-state index >= 15 is 0 Å². The molecule has 1 saturated carbocycles. The smallest absolute Gasteiger partial charge is 0.493 e. The number of amides is 2. The number of aromatic nitrogens is 1. The molecule has 8 nitrogen and oxygen atoms in total. The maximum absolute atomic E-state index is 13.8. The lowest BCUT2D eigenvalue weighted by atomic mass is 10.1. The van der Waals surface area contributed by atoms with Crippen LogP contribution >= 0.6 is 0 Å². The van der Waals surface area contributed by atoms with Crippen LogP contribution in [0.5, 0.6) is 23.0 Å². The molecule has 1 aliphatic rings. The van der Waals surface area contributed by atoms with Crippen molar-refractivity contribution in [3.63, 3.8) is 0 Å². The van der Waals surface area contributed by atoms with E-state index in [4.69, 9.17) is 15.2 Å². The summed E-state index contributed by atoms with van der Waals surface area (Å²) in [6.45, 7) is 0. The summed E-state index contributed by atoms with van der Waals surface area (Å²) in [4.78, 5) is 28.3. The van der Waals surface area contributed by atoms with Gasteiger partial charge in [-0.15, -0.1) is 13.2 Å². The van der Waals surface area contributed by atoms with Gasteiger partial charge in [0, 0.05) is 30.4 Å². The van der Waals surface area contributed by atoms with Gasteiger partial charge in [-0.2, -0.15) is 0 Å². The minimum absolute atomic E-state index is 0.0276. The van der Waals surface area contributed by atoms with E-state index in [1.165, 1.54) is 0 Å². The van der Waals surface area contributed by atoms with Crippen LogP contribution in [0.15, 0.2) is 48.7 Å². The summed E-state index contributed by atoms with van der Waals surface area (Å²) >= 11 is 0. The second kappa shape index (κ2) is 9.76. The van der Waals surface area contributed by atoms with Gasteiger partial charge in [-0.1, -0.05) is 0 Å². The number of primary amides is 1. The van der Waals surface area contributed by atoms with Crippen LogP contribution in [0.4, 0.5) is 32.0 Å². The number of pyridine rings is 1. The molecule has 1 unspecified atom stereocenters. The second-order valence-corrected chi connectivity index (χ2v) is 8.10. The lowest BCUT2D eigenvalue weighted by molar-refractivity contribution is -0.274. The number of nitrogens with zero attached hydrogens (tertiary/aromatic N) is 1. The molecule has 0 spiro atoms. The van der Waals surface area contributed by atoms with E-state index in [0.29, 0.717) is 0 Å². The summed E-state index contributed by atoms with van der Waals surface area (Å²) in [5.41, 5.74) is 4.23. The number of alkyl halides is 5. The van der Waals surface area contributed by atoms with Crippen molar-refractivity contribution in [1.82, 2.24) is 4.98 Å². The summed E-state index contributed by atoms with van der Waals surface area (Å²) < 4.78 is 93.4. The van der Waals surface area contributed by atoms with Crippen molar-refractivity contribution in [2.75, 3.05) is 12.4 Å². The molecule has 0 radical (unpaired) electrons. The number of halogens is 6. The number of methoxy groups -OCH3 is 1. The average molecular weight is 541 g/mol. The van der Waals surface area contributed by atoms with Crippen molar-refractivity contribution >= 4 is 17.5 Å². The van der Waals surface area contributed by atoms with Crippen LogP contribution in [0.25, 0.3) is 0 Å². The van der Waals surface area contributed by atoms with Crippen molar-refractivity contribution in [2.45, 2.75) is 24.6 Å². The SMILES string of the molecule is COc1cc(OC(F)(F)F)ccc1Oc1cc(C2CC2(F)F)ncc1C(=O)Nc1ccc(F)c(C(N)=O)c1. The van der Waals surface area contributed by atoms with Crippen molar-refractivity contribution in [1.29, 1.82) is 0 Å². The van der Waals surface area contributed by atoms with E-state index < -0.39 is 53.6 Å². The van der Waals surface area contributed by atoms with Crippen molar-refractivity contribution in [2.24, 2.45) is 5.73 Å². The van der Waals surface area contributed by atoms with Crippen LogP contribution in [0.2, 0.25) is 0 Å². The van der Waals surface area contributed by atoms with Gasteiger partial charge in [-0.25, -0.2) is 13.2 Å². The molecule has 1 atom stereocenters. The number of hydrogen-bond donors (Lipinski definition) is 2. The summed E-state index contributed by atoms with van der Waals surface area (Å²) in [6, 6.07) is 7.00.